The number of hydrogen-bond acceptors (Lipinski definition) is 7. The van der Waals surface area contributed by atoms with Gasteiger partial charge in [-0.2, -0.15) is 4.80 Å². The topological polar surface area (TPSA) is 108 Å². The van der Waals surface area contributed by atoms with Gasteiger partial charge in [-0.25, -0.2) is 4.79 Å². The highest BCUT2D eigenvalue weighted by atomic mass is 16.5. The van der Waals surface area contributed by atoms with Crippen LogP contribution in [0.1, 0.15) is 20.3 Å². The molecule has 2 rings (SSSR count). The molecule has 1 N–H and O–H groups in total. The van der Waals surface area contributed by atoms with E-state index in [1.807, 2.05) is 32.0 Å². The van der Waals surface area contributed by atoms with Gasteiger partial charge in [0.15, 0.2) is 0 Å². The minimum atomic E-state index is -0.700. The number of nitrogens with one attached hydrogen (secondary N) is 1. The van der Waals surface area contributed by atoms with Gasteiger partial charge in [-0.3, -0.25) is 4.79 Å². The largest absolute Gasteiger partial charge is 0.497 e. The predicted octanol–water partition coefficient (Wildman–Crippen LogP) is 1.05. The first kappa shape index (κ1) is 19.4. The first-order valence-electron chi connectivity index (χ1n) is 8.22. The van der Waals surface area contributed by atoms with E-state index in [1.54, 1.807) is 13.2 Å². The summed E-state index contributed by atoms with van der Waals surface area (Å²) >= 11 is 0. The Morgan fingerprint density at radius 3 is 2.69 bits per heavy atom. The van der Waals surface area contributed by atoms with Gasteiger partial charge < -0.3 is 14.8 Å². The van der Waals surface area contributed by atoms with E-state index < -0.39 is 17.9 Å². The molecular weight excluding hydrogens is 338 g/mol. The summed E-state index contributed by atoms with van der Waals surface area (Å²) in [5, 5.41) is 14.7. The Labute approximate surface area is 151 Å². The fraction of sp³-hybridized carbons (Fsp3) is 0.471. The molecule has 26 heavy (non-hydrogen) atoms. The molecule has 1 atom stereocenters. The summed E-state index contributed by atoms with van der Waals surface area (Å²) in [5.41, 5.74) is 0.725. The standard InChI is InChI=1S/C17H23N5O4/c1-11(2)8-14(17(24)26-4)18-15(23)10-22-20-16(19-21-22)12-6-5-7-13(9-12)25-3/h5-7,9,11,14H,8,10H2,1-4H3,(H,18,23)/t14-/m0/s1. The van der Waals surface area contributed by atoms with Gasteiger partial charge in [0.1, 0.15) is 18.3 Å². The van der Waals surface area contributed by atoms with Gasteiger partial charge in [0.25, 0.3) is 0 Å². The van der Waals surface area contributed by atoms with Gasteiger partial charge in [-0.05, 0) is 29.7 Å². The minimum absolute atomic E-state index is 0.150. The van der Waals surface area contributed by atoms with E-state index in [-0.39, 0.29) is 12.5 Å². The molecule has 1 amide bonds. The summed E-state index contributed by atoms with van der Waals surface area (Å²) in [5.74, 6) is 0.407. The van der Waals surface area contributed by atoms with E-state index >= 15 is 0 Å². The first-order chi connectivity index (χ1) is 12.4. The smallest absolute Gasteiger partial charge is 0.328 e. The molecule has 0 aliphatic carbocycles. The Morgan fingerprint density at radius 1 is 1.27 bits per heavy atom. The lowest BCUT2D eigenvalue weighted by Crippen LogP contribution is -2.43. The van der Waals surface area contributed by atoms with Crippen molar-refractivity contribution in [2.45, 2.75) is 32.9 Å². The molecule has 0 saturated heterocycles. The third-order valence-corrected chi connectivity index (χ3v) is 3.59. The maximum Gasteiger partial charge on any atom is 0.328 e. The molecule has 0 unspecified atom stereocenters. The molecule has 0 radical (unpaired) electrons. The van der Waals surface area contributed by atoms with Gasteiger partial charge in [-0.15, -0.1) is 10.2 Å². The van der Waals surface area contributed by atoms with E-state index in [2.05, 4.69) is 20.7 Å². The number of nitrogens with zero attached hydrogens (tertiary/aromatic N) is 4. The van der Waals surface area contributed by atoms with Crippen LogP contribution in [0.5, 0.6) is 5.75 Å². The Hall–Kier alpha value is -2.97. The molecule has 1 heterocycles. The van der Waals surface area contributed by atoms with Crippen molar-refractivity contribution < 1.29 is 19.1 Å². The Bertz CT molecular complexity index is 759. The predicted molar refractivity (Wildman–Crippen MR) is 93.2 cm³/mol. The molecule has 1 aromatic heterocycles. The summed E-state index contributed by atoms with van der Waals surface area (Å²) in [7, 11) is 2.86. The third kappa shape index (κ3) is 5.27. The van der Waals surface area contributed by atoms with E-state index in [0.717, 1.165) is 5.56 Å². The zero-order chi connectivity index (χ0) is 19.1. The Balaban J connectivity index is 2.03. The van der Waals surface area contributed by atoms with Crippen molar-refractivity contribution in [1.82, 2.24) is 25.5 Å². The molecular formula is C17H23N5O4. The summed E-state index contributed by atoms with van der Waals surface area (Å²) in [4.78, 5) is 25.2. The van der Waals surface area contributed by atoms with Crippen molar-refractivity contribution >= 4 is 11.9 Å². The minimum Gasteiger partial charge on any atom is -0.497 e. The number of hydrogen-bond donors (Lipinski definition) is 1. The van der Waals surface area contributed by atoms with Crippen LogP contribution in [0.2, 0.25) is 0 Å². The van der Waals surface area contributed by atoms with Crippen LogP contribution < -0.4 is 10.1 Å². The molecule has 0 bridgehead atoms. The van der Waals surface area contributed by atoms with E-state index in [1.165, 1.54) is 11.9 Å². The molecule has 140 valence electrons. The Morgan fingerprint density at radius 2 is 2.04 bits per heavy atom. The lowest BCUT2D eigenvalue weighted by Gasteiger charge is -2.17. The van der Waals surface area contributed by atoms with Crippen LogP contribution in [0.25, 0.3) is 11.4 Å². The monoisotopic (exact) mass is 361 g/mol. The molecule has 0 saturated carbocycles. The maximum atomic E-state index is 12.2. The number of aromatic nitrogens is 4. The third-order valence-electron chi connectivity index (χ3n) is 3.59. The molecule has 0 aliphatic rings. The van der Waals surface area contributed by atoms with Crippen molar-refractivity contribution in [2.75, 3.05) is 14.2 Å². The van der Waals surface area contributed by atoms with Crippen molar-refractivity contribution in [3.8, 4) is 17.1 Å². The normalized spacial score (nSPS) is 11.9. The lowest BCUT2D eigenvalue weighted by atomic mass is 10.0. The van der Waals surface area contributed by atoms with Crippen LogP contribution in [0.15, 0.2) is 24.3 Å². The van der Waals surface area contributed by atoms with Gasteiger partial charge in [0.2, 0.25) is 11.7 Å². The van der Waals surface area contributed by atoms with E-state index in [0.29, 0.717) is 18.0 Å². The summed E-state index contributed by atoms with van der Waals surface area (Å²) in [6.07, 6.45) is 0.484. The quantitative estimate of drug-likeness (QED) is 0.700. The number of tetrazole rings is 1. The molecule has 0 fully saturated rings. The van der Waals surface area contributed by atoms with Gasteiger partial charge >= 0.3 is 5.97 Å². The summed E-state index contributed by atoms with van der Waals surface area (Å²) in [6, 6.07) is 6.52. The van der Waals surface area contributed by atoms with Crippen LogP contribution in [-0.2, 0) is 20.9 Å². The zero-order valence-corrected chi connectivity index (χ0v) is 15.3. The van der Waals surface area contributed by atoms with E-state index in [4.69, 9.17) is 9.47 Å². The second kappa shape index (κ2) is 8.93. The second-order valence-electron chi connectivity index (χ2n) is 6.15. The molecule has 2 aromatic rings. The van der Waals surface area contributed by atoms with Crippen LogP contribution in [0.4, 0.5) is 0 Å². The fourth-order valence-electron chi connectivity index (χ4n) is 2.38. The second-order valence-corrected chi connectivity index (χ2v) is 6.15. The highest BCUT2D eigenvalue weighted by molar-refractivity contribution is 5.84. The average Bonchev–Trinajstić information content (AvgIpc) is 3.08. The van der Waals surface area contributed by atoms with Crippen molar-refractivity contribution in [3.63, 3.8) is 0 Å². The van der Waals surface area contributed by atoms with Gasteiger partial charge in [0, 0.05) is 5.56 Å². The number of rotatable bonds is 8. The van der Waals surface area contributed by atoms with Gasteiger partial charge in [0.05, 0.1) is 14.2 Å². The number of esters is 1. The molecule has 9 heteroatoms. The highest BCUT2D eigenvalue weighted by Gasteiger charge is 2.23. The lowest BCUT2D eigenvalue weighted by molar-refractivity contribution is -0.145. The van der Waals surface area contributed by atoms with Crippen LogP contribution in [0.3, 0.4) is 0 Å². The number of carbonyl (C=O) groups is 2. The van der Waals surface area contributed by atoms with Crippen molar-refractivity contribution in [1.29, 1.82) is 0 Å². The Kier molecular flexibility index (Phi) is 6.65. The van der Waals surface area contributed by atoms with E-state index in [9.17, 15) is 9.59 Å². The molecule has 9 nitrogen and oxygen atoms in total. The number of benzene rings is 1. The first-order valence-corrected chi connectivity index (χ1v) is 8.22. The number of methoxy groups -OCH3 is 2. The zero-order valence-electron chi connectivity index (χ0n) is 15.3. The van der Waals surface area contributed by atoms with Crippen LogP contribution >= 0.6 is 0 Å². The van der Waals surface area contributed by atoms with Crippen molar-refractivity contribution in [3.05, 3.63) is 24.3 Å². The SMILES string of the molecule is COC(=O)[C@H](CC(C)C)NC(=O)Cn1nnc(-c2cccc(OC)c2)n1. The maximum absolute atomic E-state index is 12.2. The molecule has 0 spiro atoms. The summed E-state index contributed by atoms with van der Waals surface area (Å²) < 4.78 is 9.90. The van der Waals surface area contributed by atoms with Gasteiger partial charge in [-0.1, -0.05) is 26.0 Å². The molecule has 1 aromatic carbocycles. The summed E-state index contributed by atoms with van der Waals surface area (Å²) in [6.45, 7) is 3.77. The highest BCUT2D eigenvalue weighted by Crippen LogP contribution is 2.19. The number of carbonyl (C=O) groups excluding carboxylic acids is 2. The van der Waals surface area contributed by atoms with Crippen LogP contribution in [0, 0.1) is 5.92 Å². The van der Waals surface area contributed by atoms with Crippen LogP contribution in [-0.4, -0.2) is 52.3 Å². The van der Waals surface area contributed by atoms with Crippen molar-refractivity contribution in [2.24, 2.45) is 5.92 Å². The number of amides is 1. The molecule has 0 aliphatic heterocycles. The number of ether oxygens (including phenoxy) is 2. The fourth-order valence-corrected chi connectivity index (χ4v) is 2.38. The average molecular weight is 361 g/mol.